The summed E-state index contributed by atoms with van der Waals surface area (Å²) in [4.78, 5) is 0. The zero-order valence-corrected chi connectivity index (χ0v) is 12.7. The fraction of sp³-hybridized carbons (Fsp3) is 0.667. The van der Waals surface area contributed by atoms with Crippen LogP contribution in [0.25, 0.3) is 0 Å². The van der Waals surface area contributed by atoms with Crippen LogP contribution in [-0.4, -0.2) is 11.2 Å². The molecule has 0 spiro atoms. The van der Waals surface area contributed by atoms with E-state index in [1.165, 1.54) is 42.4 Å². The van der Waals surface area contributed by atoms with Gasteiger partial charge in [-0.05, 0) is 62.5 Å². The van der Waals surface area contributed by atoms with Gasteiger partial charge in [-0.3, -0.25) is 0 Å². The van der Waals surface area contributed by atoms with Gasteiger partial charge in [-0.25, -0.2) is 0 Å². The second kappa shape index (κ2) is 6.56. The molecule has 0 aromatic heterocycles. The number of aliphatic hydroxyl groups is 1. The SMILES string of the molecule is CCCC1CCC(O)C(Cc2cc(C)ccc2C)C1. The molecule has 0 bridgehead atoms. The van der Waals surface area contributed by atoms with Crippen molar-refractivity contribution < 1.29 is 5.11 Å². The zero-order chi connectivity index (χ0) is 13.8. The Balaban J connectivity index is 2.05. The highest BCUT2D eigenvalue weighted by atomic mass is 16.3. The van der Waals surface area contributed by atoms with Crippen molar-refractivity contribution in [3.05, 3.63) is 34.9 Å². The van der Waals surface area contributed by atoms with Gasteiger partial charge in [-0.2, -0.15) is 0 Å². The number of aliphatic hydroxyl groups excluding tert-OH is 1. The van der Waals surface area contributed by atoms with Crippen LogP contribution in [0.2, 0.25) is 0 Å². The van der Waals surface area contributed by atoms with Crippen LogP contribution >= 0.6 is 0 Å². The Hall–Kier alpha value is -0.820. The second-order valence-corrected chi connectivity index (χ2v) is 6.43. The predicted octanol–water partition coefficient (Wildman–Crippen LogP) is 4.42. The Morgan fingerprint density at radius 3 is 2.74 bits per heavy atom. The fourth-order valence-corrected chi connectivity index (χ4v) is 3.54. The molecule has 3 atom stereocenters. The largest absolute Gasteiger partial charge is 0.393 e. The Morgan fingerprint density at radius 1 is 1.21 bits per heavy atom. The van der Waals surface area contributed by atoms with E-state index in [2.05, 4.69) is 39.0 Å². The van der Waals surface area contributed by atoms with Crippen LogP contribution in [0.15, 0.2) is 18.2 Å². The maximum Gasteiger partial charge on any atom is 0.0571 e. The van der Waals surface area contributed by atoms with E-state index in [1.54, 1.807) is 0 Å². The minimum Gasteiger partial charge on any atom is -0.393 e. The second-order valence-electron chi connectivity index (χ2n) is 6.43. The molecule has 3 unspecified atom stereocenters. The van der Waals surface area contributed by atoms with Crippen LogP contribution in [0, 0.1) is 25.7 Å². The molecule has 2 rings (SSSR count). The van der Waals surface area contributed by atoms with Crippen LogP contribution in [0.1, 0.15) is 55.7 Å². The van der Waals surface area contributed by atoms with Crippen molar-refractivity contribution in [1.82, 2.24) is 0 Å². The molecular weight excluding hydrogens is 232 g/mol. The lowest BCUT2D eigenvalue weighted by Gasteiger charge is -2.33. The first-order valence-electron chi connectivity index (χ1n) is 7.84. The van der Waals surface area contributed by atoms with E-state index in [1.807, 2.05) is 0 Å². The van der Waals surface area contributed by atoms with Crippen LogP contribution < -0.4 is 0 Å². The first kappa shape index (κ1) is 14.6. The maximum absolute atomic E-state index is 10.3. The molecule has 19 heavy (non-hydrogen) atoms. The first-order valence-corrected chi connectivity index (χ1v) is 7.84. The summed E-state index contributed by atoms with van der Waals surface area (Å²) in [5.74, 6) is 1.30. The summed E-state index contributed by atoms with van der Waals surface area (Å²) in [5.41, 5.74) is 4.13. The van der Waals surface area contributed by atoms with E-state index >= 15 is 0 Å². The molecular formula is C18H28O. The van der Waals surface area contributed by atoms with Crippen molar-refractivity contribution in [2.45, 2.75) is 65.4 Å². The van der Waals surface area contributed by atoms with Gasteiger partial charge in [0.25, 0.3) is 0 Å². The van der Waals surface area contributed by atoms with Gasteiger partial charge < -0.3 is 5.11 Å². The van der Waals surface area contributed by atoms with E-state index in [4.69, 9.17) is 0 Å². The first-order chi connectivity index (χ1) is 9.10. The van der Waals surface area contributed by atoms with E-state index in [0.29, 0.717) is 5.92 Å². The van der Waals surface area contributed by atoms with Crippen LogP contribution in [0.5, 0.6) is 0 Å². The van der Waals surface area contributed by atoms with Crippen molar-refractivity contribution in [3.63, 3.8) is 0 Å². The minimum atomic E-state index is -0.0898. The lowest BCUT2D eigenvalue weighted by molar-refractivity contribution is 0.0462. The molecule has 0 radical (unpaired) electrons. The molecule has 1 aromatic rings. The summed E-state index contributed by atoms with van der Waals surface area (Å²) in [6.45, 7) is 6.61. The molecule has 1 heteroatoms. The van der Waals surface area contributed by atoms with Crippen LogP contribution in [-0.2, 0) is 6.42 Å². The summed E-state index contributed by atoms with van der Waals surface area (Å²) in [6, 6.07) is 6.69. The molecule has 1 aromatic carbocycles. The smallest absolute Gasteiger partial charge is 0.0571 e. The molecule has 1 nitrogen and oxygen atoms in total. The van der Waals surface area contributed by atoms with Gasteiger partial charge in [0.05, 0.1) is 6.10 Å². The molecule has 1 N–H and O–H groups in total. The molecule has 1 saturated carbocycles. The normalized spacial score (nSPS) is 27.5. The molecule has 106 valence electrons. The monoisotopic (exact) mass is 260 g/mol. The Morgan fingerprint density at radius 2 is 2.00 bits per heavy atom. The third-order valence-electron chi connectivity index (χ3n) is 4.73. The number of hydrogen-bond donors (Lipinski definition) is 1. The van der Waals surface area contributed by atoms with Gasteiger partial charge in [0.2, 0.25) is 0 Å². The Bertz CT molecular complexity index is 410. The summed E-state index contributed by atoms with van der Waals surface area (Å²) in [6.07, 6.45) is 7.00. The minimum absolute atomic E-state index is 0.0898. The number of aryl methyl sites for hydroxylation is 2. The quantitative estimate of drug-likeness (QED) is 0.849. The zero-order valence-electron chi connectivity index (χ0n) is 12.7. The number of rotatable bonds is 4. The highest BCUT2D eigenvalue weighted by Crippen LogP contribution is 2.34. The summed E-state index contributed by atoms with van der Waals surface area (Å²) in [7, 11) is 0. The van der Waals surface area contributed by atoms with Gasteiger partial charge in [-0.1, -0.05) is 43.5 Å². The number of hydrogen-bond acceptors (Lipinski definition) is 1. The Kier molecular flexibility index (Phi) is 5.04. The van der Waals surface area contributed by atoms with E-state index < -0.39 is 0 Å². The van der Waals surface area contributed by atoms with Crippen LogP contribution in [0.4, 0.5) is 0 Å². The summed E-state index contributed by atoms with van der Waals surface area (Å²) in [5, 5.41) is 10.3. The molecule has 0 saturated heterocycles. The molecule has 1 aliphatic rings. The average molecular weight is 260 g/mol. The van der Waals surface area contributed by atoms with Crippen molar-refractivity contribution in [3.8, 4) is 0 Å². The van der Waals surface area contributed by atoms with Gasteiger partial charge in [0.15, 0.2) is 0 Å². The molecule has 1 aliphatic carbocycles. The highest BCUT2D eigenvalue weighted by molar-refractivity contribution is 5.31. The van der Waals surface area contributed by atoms with E-state index in [9.17, 15) is 5.11 Å². The third kappa shape index (κ3) is 3.82. The Labute approximate surface area is 118 Å². The highest BCUT2D eigenvalue weighted by Gasteiger charge is 2.29. The van der Waals surface area contributed by atoms with E-state index in [-0.39, 0.29) is 6.10 Å². The molecule has 1 fully saturated rings. The van der Waals surface area contributed by atoms with Crippen molar-refractivity contribution >= 4 is 0 Å². The lowest BCUT2D eigenvalue weighted by atomic mass is 9.75. The van der Waals surface area contributed by atoms with Crippen molar-refractivity contribution in [2.24, 2.45) is 11.8 Å². The summed E-state index contributed by atoms with van der Waals surface area (Å²) < 4.78 is 0. The standard InChI is InChI=1S/C18H28O/c1-4-5-15-8-9-18(19)17(11-15)12-16-10-13(2)6-7-14(16)3/h6-7,10,15,17-19H,4-5,8-9,11-12H2,1-3H3. The van der Waals surface area contributed by atoms with Gasteiger partial charge in [0, 0.05) is 0 Å². The van der Waals surface area contributed by atoms with Gasteiger partial charge in [0.1, 0.15) is 0 Å². The van der Waals surface area contributed by atoms with Gasteiger partial charge >= 0.3 is 0 Å². The molecule has 0 aliphatic heterocycles. The third-order valence-corrected chi connectivity index (χ3v) is 4.73. The number of benzene rings is 1. The average Bonchev–Trinajstić information content (AvgIpc) is 2.38. The predicted molar refractivity (Wildman–Crippen MR) is 81.4 cm³/mol. The fourth-order valence-electron chi connectivity index (χ4n) is 3.54. The summed E-state index contributed by atoms with van der Waals surface area (Å²) >= 11 is 0. The molecule has 0 amide bonds. The maximum atomic E-state index is 10.3. The van der Waals surface area contributed by atoms with Crippen molar-refractivity contribution in [1.29, 1.82) is 0 Å². The topological polar surface area (TPSA) is 20.2 Å². The van der Waals surface area contributed by atoms with E-state index in [0.717, 1.165) is 18.8 Å². The van der Waals surface area contributed by atoms with Crippen LogP contribution in [0.3, 0.4) is 0 Å². The lowest BCUT2D eigenvalue weighted by Crippen LogP contribution is -2.30. The van der Waals surface area contributed by atoms with Gasteiger partial charge in [-0.15, -0.1) is 0 Å². The van der Waals surface area contributed by atoms with Crippen molar-refractivity contribution in [2.75, 3.05) is 0 Å². The molecule has 0 heterocycles.